The molecule has 1 N–H and O–H groups in total. The van der Waals surface area contributed by atoms with Crippen LogP contribution in [-0.2, 0) is 5.41 Å². The Morgan fingerprint density at radius 3 is 2.17 bits per heavy atom. The third-order valence-electron chi connectivity index (χ3n) is 3.62. The van der Waals surface area contributed by atoms with Crippen molar-refractivity contribution in [3.05, 3.63) is 65.6 Å². The standard InChI is InChI=1S/C18H18FN3O/c1-18(2,3)17-20-15(12-4-6-14(19)7-5-12)16(21-17)13-8-10-22(23)11-9-13/h4-11H,1-3H3,(H,20,21). The van der Waals surface area contributed by atoms with Crippen molar-refractivity contribution in [3.63, 3.8) is 0 Å². The number of rotatable bonds is 2. The lowest BCUT2D eigenvalue weighted by Gasteiger charge is -2.14. The first-order valence-electron chi connectivity index (χ1n) is 7.40. The van der Waals surface area contributed by atoms with Crippen molar-refractivity contribution in [1.82, 2.24) is 9.97 Å². The van der Waals surface area contributed by atoms with Gasteiger partial charge in [-0.25, -0.2) is 9.37 Å². The fourth-order valence-corrected chi connectivity index (χ4v) is 2.33. The lowest BCUT2D eigenvalue weighted by atomic mass is 9.96. The van der Waals surface area contributed by atoms with Crippen molar-refractivity contribution in [3.8, 4) is 22.5 Å². The zero-order valence-electron chi connectivity index (χ0n) is 13.3. The second-order valence-corrected chi connectivity index (χ2v) is 6.51. The normalized spacial score (nSPS) is 11.7. The Kier molecular flexibility index (Phi) is 3.64. The summed E-state index contributed by atoms with van der Waals surface area (Å²) in [5, 5.41) is 11.3. The molecule has 0 radical (unpaired) electrons. The van der Waals surface area contributed by atoms with E-state index in [9.17, 15) is 9.60 Å². The van der Waals surface area contributed by atoms with Crippen LogP contribution in [0.3, 0.4) is 0 Å². The van der Waals surface area contributed by atoms with Gasteiger partial charge in [-0.2, -0.15) is 4.73 Å². The van der Waals surface area contributed by atoms with E-state index in [0.717, 1.165) is 33.1 Å². The molecular weight excluding hydrogens is 293 g/mol. The molecule has 23 heavy (non-hydrogen) atoms. The average molecular weight is 311 g/mol. The number of benzene rings is 1. The SMILES string of the molecule is CC(C)(C)c1nc(-c2cc[n+]([O-])cc2)c(-c2ccc(F)cc2)[nH]1. The molecule has 0 saturated carbocycles. The molecule has 0 bridgehead atoms. The molecule has 4 nitrogen and oxygen atoms in total. The van der Waals surface area contributed by atoms with Crippen LogP contribution >= 0.6 is 0 Å². The van der Waals surface area contributed by atoms with Gasteiger partial charge in [-0.15, -0.1) is 0 Å². The van der Waals surface area contributed by atoms with Crippen molar-refractivity contribution >= 4 is 0 Å². The second-order valence-electron chi connectivity index (χ2n) is 6.51. The van der Waals surface area contributed by atoms with Gasteiger partial charge >= 0.3 is 0 Å². The fraction of sp³-hybridized carbons (Fsp3) is 0.222. The molecule has 0 aliphatic carbocycles. The van der Waals surface area contributed by atoms with E-state index in [2.05, 4.69) is 25.8 Å². The Balaban J connectivity index is 2.18. The smallest absolute Gasteiger partial charge is 0.181 e. The molecule has 0 spiro atoms. The minimum absolute atomic E-state index is 0.153. The number of imidazole rings is 1. The van der Waals surface area contributed by atoms with Gasteiger partial charge in [0.1, 0.15) is 11.6 Å². The Bertz CT molecular complexity index is 752. The molecule has 2 heterocycles. The molecule has 118 valence electrons. The molecule has 5 heteroatoms. The van der Waals surface area contributed by atoms with Crippen LogP contribution in [0.1, 0.15) is 26.6 Å². The predicted molar refractivity (Wildman–Crippen MR) is 87.1 cm³/mol. The number of aromatic amines is 1. The van der Waals surface area contributed by atoms with Crippen LogP contribution in [0, 0.1) is 11.0 Å². The molecule has 1 aromatic carbocycles. The zero-order valence-corrected chi connectivity index (χ0v) is 13.3. The molecule has 0 saturated heterocycles. The first kappa shape index (κ1) is 15.2. The third kappa shape index (κ3) is 3.08. The number of aromatic nitrogens is 3. The summed E-state index contributed by atoms with van der Waals surface area (Å²) in [5.41, 5.74) is 3.10. The lowest BCUT2D eigenvalue weighted by molar-refractivity contribution is -0.605. The van der Waals surface area contributed by atoms with Gasteiger partial charge in [0, 0.05) is 28.7 Å². The summed E-state index contributed by atoms with van der Waals surface area (Å²) < 4.78 is 13.9. The molecule has 0 aliphatic heterocycles. The van der Waals surface area contributed by atoms with E-state index in [1.54, 1.807) is 24.3 Å². The summed E-state index contributed by atoms with van der Waals surface area (Å²) in [5.74, 6) is 0.559. The summed E-state index contributed by atoms with van der Waals surface area (Å²) >= 11 is 0. The first-order valence-corrected chi connectivity index (χ1v) is 7.40. The van der Waals surface area contributed by atoms with E-state index >= 15 is 0 Å². The molecule has 2 aromatic heterocycles. The predicted octanol–water partition coefficient (Wildman–Crippen LogP) is 3.81. The van der Waals surface area contributed by atoms with Crippen LogP contribution in [0.25, 0.3) is 22.5 Å². The summed E-state index contributed by atoms with van der Waals surface area (Å²) in [6.45, 7) is 6.21. The molecule has 0 amide bonds. The highest BCUT2D eigenvalue weighted by atomic mass is 19.1. The van der Waals surface area contributed by atoms with E-state index in [1.807, 2.05) is 0 Å². The first-order chi connectivity index (χ1) is 10.8. The average Bonchev–Trinajstić information content (AvgIpc) is 2.94. The van der Waals surface area contributed by atoms with Gasteiger partial charge in [-0.05, 0) is 24.3 Å². The van der Waals surface area contributed by atoms with Crippen LogP contribution in [0.15, 0.2) is 48.8 Å². The number of pyridine rings is 1. The Morgan fingerprint density at radius 1 is 1.00 bits per heavy atom. The van der Waals surface area contributed by atoms with E-state index in [-0.39, 0.29) is 11.2 Å². The second kappa shape index (κ2) is 5.50. The molecule has 0 atom stereocenters. The van der Waals surface area contributed by atoms with Crippen molar-refractivity contribution in [2.45, 2.75) is 26.2 Å². The monoisotopic (exact) mass is 311 g/mol. The largest absolute Gasteiger partial charge is 0.619 e. The molecule has 3 rings (SSSR count). The van der Waals surface area contributed by atoms with Gasteiger partial charge in [0.25, 0.3) is 0 Å². The zero-order chi connectivity index (χ0) is 16.6. The van der Waals surface area contributed by atoms with E-state index in [0.29, 0.717) is 0 Å². The number of hydrogen-bond acceptors (Lipinski definition) is 2. The van der Waals surface area contributed by atoms with Crippen molar-refractivity contribution in [1.29, 1.82) is 0 Å². The van der Waals surface area contributed by atoms with Crippen LogP contribution < -0.4 is 4.73 Å². The van der Waals surface area contributed by atoms with Gasteiger partial charge in [0.05, 0.1) is 11.4 Å². The topological polar surface area (TPSA) is 55.6 Å². The van der Waals surface area contributed by atoms with E-state index in [1.165, 1.54) is 24.5 Å². The summed E-state index contributed by atoms with van der Waals surface area (Å²) in [6, 6.07) is 9.73. The van der Waals surface area contributed by atoms with Crippen molar-refractivity contribution in [2.24, 2.45) is 0 Å². The van der Waals surface area contributed by atoms with Gasteiger partial charge in [-0.1, -0.05) is 20.8 Å². The van der Waals surface area contributed by atoms with Crippen LogP contribution in [-0.4, -0.2) is 9.97 Å². The minimum Gasteiger partial charge on any atom is -0.619 e. The molecule has 0 unspecified atom stereocenters. The Morgan fingerprint density at radius 2 is 1.61 bits per heavy atom. The maximum absolute atomic E-state index is 13.2. The van der Waals surface area contributed by atoms with Crippen LogP contribution in [0.5, 0.6) is 0 Å². The van der Waals surface area contributed by atoms with Gasteiger partial charge in [0.15, 0.2) is 12.4 Å². The van der Waals surface area contributed by atoms with Crippen molar-refractivity contribution < 1.29 is 9.12 Å². The quantitative estimate of drug-likeness (QED) is 0.578. The molecule has 0 aliphatic rings. The summed E-state index contributed by atoms with van der Waals surface area (Å²) in [6.07, 6.45) is 2.88. The lowest BCUT2D eigenvalue weighted by Crippen LogP contribution is -2.23. The minimum atomic E-state index is -0.280. The van der Waals surface area contributed by atoms with Crippen molar-refractivity contribution in [2.75, 3.05) is 0 Å². The number of hydrogen-bond donors (Lipinski definition) is 1. The van der Waals surface area contributed by atoms with Crippen LogP contribution in [0.4, 0.5) is 4.39 Å². The highest BCUT2D eigenvalue weighted by molar-refractivity contribution is 5.78. The van der Waals surface area contributed by atoms with Gasteiger partial charge in [-0.3, -0.25) is 0 Å². The van der Waals surface area contributed by atoms with Gasteiger partial charge in [0.2, 0.25) is 0 Å². The molecule has 0 fully saturated rings. The number of H-pyrrole nitrogens is 1. The molecule has 3 aromatic rings. The van der Waals surface area contributed by atoms with Gasteiger partial charge < -0.3 is 10.2 Å². The Labute approximate surface area is 134 Å². The number of halogens is 1. The van der Waals surface area contributed by atoms with Crippen LogP contribution in [0.2, 0.25) is 0 Å². The summed E-state index contributed by atoms with van der Waals surface area (Å²) in [7, 11) is 0. The third-order valence-corrected chi connectivity index (χ3v) is 3.62. The number of nitrogens with zero attached hydrogens (tertiary/aromatic N) is 2. The molecular formula is C18H18FN3O. The van der Waals surface area contributed by atoms with E-state index in [4.69, 9.17) is 4.98 Å². The highest BCUT2D eigenvalue weighted by Crippen LogP contribution is 2.33. The maximum atomic E-state index is 13.2. The number of nitrogens with one attached hydrogen (secondary N) is 1. The fourth-order valence-electron chi connectivity index (χ4n) is 2.33. The highest BCUT2D eigenvalue weighted by Gasteiger charge is 2.22. The van der Waals surface area contributed by atoms with E-state index < -0.39 is 0 Å². The Hall–Kier alpha value is -2.69. The maximum Gasteiger partial charge on any atom is 0.181 e. The summed E-state index contributed by atoms with van der Waals surface area (Å²) in [4.78, 5) is 8.07.